The predicted octanol–water partition coefficient (Wildman–Crippen LogP) is 1.72. The Morgan fingerprint density at radius 2 is 1.96 bits per heavy atom. The van der Waals surface area contributed by atoms with Crippen molar-refractivity contribution in [1.82, 2.24) is 19.9 Å². The fourth-order valence-corrected chi connectivity index (χ4v) is 1.98. The van der Waals surface area contributed by atoms with Crippen LogP contribution in [0.3, 0.4) is 0 Å². The van der Waals surface area contributed by atoms with Crippen LogP contribution < -0.4 is 20.1 Å². The highest BCUT2D eigenvalue weighted by atomic mass is 16.5. The SMILES string of the molecule is CNC.COc1cccc(OCc2ccc3nc(NC=O)cn3n2)c1. The molecule has 1 aromatic carbocycles. The number of anilines is 1. The first-order valence-corrected chi connectivity index (χ1v) is 7.61. The predicted molar refractivity (Wildman–Crippen MR) is 95.0 cm³/mol. The first-order valence-electron chi connectivity index (χ1n) is 7.61. The number of nitrogens with zero attached hydrogens (tertiary/aromatic N) is 3. The summed E-state index contributed by atoms with van der Waals surface area (Å²) in [4.78, 5) is 14.6. The maximum absolute atomic E-state index is 10.4. The van der Waals surface area contributed by atoms with Gasteiger partial charge in [-0.3, -0.25) is 4.79 Å². The molecule has 2 N–H and O–H groups in total. The molecule has 0 saturated heterocycles. The van der Waals surface area contributed by atoms with E-state index in [1.165, 1.54) is 0 Å². The number of carbonyl (C=O) groups is 1. The molecule has 132 valence electrons. The second-order valence-electron chi connectivity index (χ2n) is 4.98. The van der Waals surface area contributed by atoms with Crippen LogP contribution in [0.1, 0.15) is 5.69 Å². The van der Waals surface area contributed by atoms with Gasteiger partial charge in [-0.1, -0.05) is 6.07 Å². The minimum atomic E-state index is 0.317. The summed E-state index contributed by atoms with van der Waals surface area (Å²) >= 11 is 0. The second kappa shape index (κ2) is 9.24. The van der Waals surface area contributed by atoms with Gasteiger partial charge < -0.3 is 20.1 Å². The number of benzene rings is 1. The lowest BCUT2D eigenvalue weighted by atomic mass is 10.3. The second-order valence-corrected chi connectivity index (χ2v) is 4.98. The molecule has 0 fully saturated rings. The van der Waals surface area contributed by atoms with Gasteiger partial charge in [0.25, 0.3) is 0 Å². The molecular formula is C17H21N5O3. The molecule has 3 aromatic rings. The van der Waals surface area contributed by atoms with Gasteiger partial charge in [0.1, 0.15) is 18.1 Å². The smallest absolute Gasteiger partial charge is 0.212 e. The van der Waals surface area contributed by atoms with Gasteiger partial charge in [0.15, 0.2) is 11.5 Å². The molecule has 25 heavy (non-hydrogen) atoms. The number of nitrogens with one attached hydrogen (secondary N) is 2. The zero-order valence-electron chi connectivity index (χ0n) is 14.4. The van der Waals surface area contributed by atoms with Crippen molar-refractivity contribution in [3.05, 3.63) is 48.3 Å². The Labute approximate surface area is 145 Å². The highest BCUT2D eigenvalue weighted by Gasteiger charge is 2.04. The fraction of sp³-hybridized carbons (Fsp3) is 0.235. The van der Waals surface area contributed by atoms with Crippen LogP contribution in [0.15, 0.2) is 42.6 Å². The van der Waals surface area contributed by atoms with E-state index in [2.05, 4.69) is 20.7 Å². The zero-order valence-corrected chi connectivity index (χ0v) is 14.4. The van der Waals surface area contributed by atoms with Gasteiger partial charge in [-0.05, 0) is 38.4 Å². The molecule has 0 aliphatic carbocycles. The molecule has 0 radical (unpaired) electrons. The maximum Gasteiger partial charge on any atom is 0.212 e. The number of hydrogen-bond donors (Lipinski definition) is 2. The molecule has 0 saturated carbocycles. The number of carbonyl (C=O) groups excluding carboxylic acids is 1. The molecule has 0 aliphatic rings. The van der Waals surface area contributed by atoms with E-state index in [-0.39, 0.29) is 0 Å². The van der Waals surface area contributed by atoms with Gasteiger partial charge in [-0.15, -0.1) is 0 Å². The summed E-state index contributed by atoms with van der Waals surface area (Å²) in [6.07, 6.45) is 2.22. The van der Waals surface area contributed by atoms with Crippen LogP contribution in [0.5, 0.6) is 11.5 Å². The van der Waals surface area contributed by atoms with E-state index in [1.807, 2.05) is 50.5 Å². The van der Waals surface area contributed by atoms with Crippen molar-refractivity contribution in [3.8, 4) is 11.5 Å². The summed E-state index contributed by atoms with van der Waals surface area (Å²) < 4.78 is 12.4. The van der Waals surface area contributed by atoms with Crippen LogP contribution in [0, 0.1) is 0 Å². The minimum Gasteiger partial charge on any atom is -0.497 e. The molecule has 0 bridgehead atoms. The van der Waals surface area contributed by atoms with E-state index in [4.69, 9.17) is 9.47 Å². The van der Waals surface area contributed by atoms with Gasteiger partial charge in [0.2, 0.25) is 6.41 Å². The molecule has 1 amide bonds. The third-order valence-corrected chi connectivity index (χ3v) is 3.01. The number of aromatic nitrogens is 3. The number of ether oxygens (including phenoxy) is 2. The molecule has 8 nitrogen and oxygen atoms in total. The molecule has 0 aliphatic heterocycles. The highest BCUT2D eigenvalue weighted by molar-refractivity contribution is 5.69. The highest BCUT2D eigenvalue weighted by Crippen LogP contribution is 2.19. The van der Waals surface area contributed by atoms with Crippen molar-refractivity contribution in [2.24, 2.45) is 0 Å². The minimum absolute atomic E-state index is 0.317. The quantitative estimate of drug-likeness (QED) is 0.663. The Kier molecular flexibility index (Phi) is 6.73. The summed E-state index contributed by atoms with van der Waals surface area (Å²) in [7, 11) is 5.36. The molecule has 2 aromatic heterocycles. The zero-order chi connectivity index (χ0) is 18.1. The lowest BCUT2D eigenvalue weighted by Gasteiger charge is -2.07. The van der Waals surface area contributed by atoms with Gasteiger partial charge in [-0.25, -0.2) is 9.50 Å². The Balaban J connectivity index is 0.000000701. The van der Waals surface area contributed by atoms with Crippen LogP contribution >= 0.6 is 0 Å². The first-order chi connectivity index (χ1) is 12.2. The van der Waals surface area contributed by atoms with Crippen LogP contribution in [0.4, 0.5) is 5.82 Å². The van der Waals surface area contributed by atoms with Crippen molar-refractivity contribution in [3.63, 3.8) is 0 Å². The number of rotatable bonds is 6. The molecule has 8 heteroatoms. The Morgan fingerprint density at radius 1 is 1.20 bits per heavy atom. The summed E-state index contributed by atoms with van der Waals surface area (Å²) in [6, 6.07) is 11.0. The van der Waals surface area contributed by atoms with E-state index >= 15 is 0 Å². The van der Waals surface area contributed by atoms with Crippen LogP contribution in [-0.4, -0.2) is 42.2 Å². The van der Waals surface area contributed by atoms with Crippen LogP contribution in [0.25, 0.3) is 5.65 Å². The van der Waals surface area contributed by atoms with E-state index in [0.717, 1.165) is 11.4 Å². The third kappa shape index (κ3) is 5.18. The summed E-state index contributed by atoms with van der Waals surface area (Å²) in [5.74, 6) is 1.89. The molecule has 0 unspecified atom stereocenters. The van der Waals surface area contributed by atoms with Crippen LogP contribution in [0.2, 0.25) is 0 Å². The van der Waals surface area contributed by atoms with Crippen molar-refractivity contribution in [2.75, 3.05) is 26.5 Å². The van der Waals surface area contributed by atoms with Gasteiger partial charge in [0, 0.05) is 6.07 Å². The Bertz CT molecular complexity index is 819. The fourth-order valence-electron chi connectivity index (χ4n) is 1.98. The largest absolute Gasteiger partial charge is 0.497 e. The molecular weight excluding hydrogens is 322 g/mol. The Hall–Kier alpha value is -3.13. The average molecular weight is 343 g/mol. The van der Waals surface area contributed by atoms with E-state index in [0.29, 0.717) is 30.2 Å². The van der Waals surface area contributed by atoms with E-state index < -0.39 is 0 Å². The molecule has 3 rings (SSSR count). The lowest BCUT2D eigenvalue weighted by molar-refractivity contribution is -0.105. The summed E-state index contributed by atoms with van der Waals surface area (Å²) in [5.41, 5.74) is 1.39. The van der Waals surface area contributed by atoms with Crippen LogP contribution in [-0.2, 0) is 11.4 Å². The number of hydrogen-bond acceptors (Lipinski definition) is 6. The average Bonchev–Trinajstić information content (AvgIpc) is 3.03. The normalized spacial score (nSPS) is 9.88. The monoisotopic (exact) mass is 343 g/mol. The Morgan fingerprint density at radius 3 is 2.68 bits per heavy atom. The molecule has 0 atom stereocenters. The van der Waals surface area contributed by atoms with Crippen molar-refractivity contribution < 1.29 is 14.3 Å². The molecule has 0 spiro atoms. The number of fused-ring (bicyclic) bond motifs is 1. The maximum atomic E-state index is 10.4. The van der Waals surface area contributed by atoms with Gasteiger partial charge >= 0.3 is 0 Å². The van der Waals surface area contributed by atoms with Crippen molar-refractivity contribution in [1.29, 1.82) is 0 Å². The topological polar surface area (TPSA) is 89.8 Å². The molecule has 2 heterocycles. The van der Waals surface area contributed by atoms with Crippen molar-refractivity contribution in [2.45, 2.75) is 6.61 Å². The van der Waals surface area contributed by atoms with Gasteiger partial charge in [-0.2, -0.15) is 5.10 Å². The number of amides is 1. The standard InChI is InChI=1S/C15H14N4O3.C2H7N/c1-21-12-3-2-4-13(7-12)22-9-11-5-6-15-17-14(16-10-20)8-19(15)18-11;1-3-2/h2-8,10H,9H2,1H3,(H,16,20);3H,1-2H3. The van der Waals surface area contributed by atoms with Crippen molar-refractivity contribution >= 4 is 17.9 Å². The van der Waals surface area contributed by atoms with E-state index in [9.17, 15) is 4.79 Å². The van der Waals surface area contributed by atoms with Gasteiger partial charge in [0.05, 0.1) is 19.0 Å². The summed E-state index contributed by atoms with van der Waals surface area (Å²) in [6.45, 7) is 0.317. The number of imidazole rings is 1. The van der Waals surface area contributed by atoms with E-state index in [1.54, 1.807) is 17.8 Å². The first kappa shape index (κ1) is 18.2. The lowest BCUT2D eigenvalue weighted by Crippen LogP contribution is -2.02. The number of methoxy groups -OCH3 is 1. The third-order valence-electron chi connectivity index (χ3n) is 3.01. The summed E-state index contributed by atoms with van der Waals surface area (Å²) in [5, 5.41) is 9.62.